The number of ether oxygens (including phenoxy) is 2. The molecule has 2 amide bonds. The summed E-state index contributed by atoms with van der Waals surface area (Å²) in [6.45, 7) is 11.4. The van der Waals surface area contributed by atoms with Crippen molar-refractivity contribution >= 4 is 18.2 Å². The highest BCUT2D eigenvalue weighted by Crippen LogP contribution is 2.34. The van der Waals surface area contributed by atoms with E-state index in [4.69, 9.17) is 26.0 Å². The number of rotatable bonds is 12. The van der Waals surface area contributed by atoms with E-state index in [1.54, 1.807) is 0 Å². The zero-order valence-corrected chi connectivity index (χ0v) is 16.7. The molecule has 0 saturated heterocycles. The molecule has 0 aromatic heterocycles. The lowest BCUT2D eigenvalue weighted by molar-refractivity contribution is -0.132. The predicted molar refractivity (Wildman–Crippen MR) is 102 cm³/mol. The Bertz CT molecular complexity index is 544. The van der Waals surface area contributed by atoms with Crippen LogP contribution in [0.1, 0.15) is 59.8 Å². The van der Waals surface area contributed by atoms with Crippen LogP contribution in [-0.4, -0.2) is 35.5 Å². The highest BCUT2D eigenvalue weighted by atomic mass is 16.6. The van der Waals surface area contributed by atoms with E-state index in [1.807, 2.05) is 0 Å². The summed E-state index contributed by atoms with van der Waals surface area (Å²) in [5.74, 6) is -0.701. The molecule has 0 aliphatic heterocycles. The minimum atomic E-state index is -1.01. The fourth-order valence-electron chi connectivity index (χ4n) is 3.17. The number of carboxylic acids is 1. The topological polar surface area (TPSA) is 142 Å². The van der Waals surface area contributed by atoms with Crippen LogP contribution < -0.4 is 11.5 Å². The van der Waals surface area contributed by atoms with Crippen molar-refractivity contribution in [2.45, 2.75) is 72.0 Å². The molecule has 0 saturated carbocycles. The monoisotopic (exact) mass is 385 g/mol. The van der Waals surface area contributed by atoms with E-state index in [-0.39, 0.29) is 17.4 Å². The smallest absolute Gasteiger partial charge is 0.404 e. The van der Waals surface area contributed by atoms with Gasteiger partial charge in [0.2, 0.25) is 0 Å². The Kier molecular flexibility index (Phi) is 10.5. The van der Waals surface area contributed by atoms with Gasteiger partial charge in [0.05, 0.1) is 0 Å². The van der Waals surface area contributed by atoms with Gasteiger partial charge in [-0.2, -0.15) is 0 Å². The van der Waals surface area contributed by atoms with Gasteiger partial charge in [0, 0.05) is 12.0 Å². The lowest BCUT2D eigenvalue weighted by atomic mass is 9.77. The molecule has 8 heteroatoms. The summed E-state index contributed by atoms with van der Waals surface area (Å²) in [5, 5.41) is 8.94. The minimum absolute atomic E-state index is 0.175. The van der Waals surface area contributed by atoms with Crippen LogP contribution in [-0.2, 0) is 14.3 Å². The van der Waals surface area contributed by atoms with Crippen LogP contribution in [0.3, 0.4) is 0 Å². The standard InChI is InChI=1S/C19H33N2O6/c1-12(6-8-14(3)26-17(20)24)10-19(4,5)11-15(27-18(21)25)9-7-13(2)16(22)23/h7,12,14-15H,3,6,8-11H2,1-2,4-5H3,(H2,20,24)(H2,21,25)(H,22,23). The van der Waals surface area contributed by atoms with Crippen molar-refractivity contribution in [1.29, 1.82) is 0 Å². The Morgan fingerprint density at radius 1 is 1.11 bits per heavy atom. The predicted octanol–water partition coefficient (Wildman–Crippen LogP) is 3.39. The molecule has 0 aliphatic rings. The van der Waals surface area contributed by atoms with Crippen LogP contribution in [0.4, 0.5) is 9.59 Å². The summed E-state index contributed by atoms with van der Waals surface area (Å²) in [6.07, 6.45) is 1.88. The van der Waals surface area contributed by atoms with Gasteiger partial charge >= 0.3 is 18.2 Å². The number of carbonyl (C=O) groups is 3. The number of carbonyl (C=O) groups excluding carboxylic acids is 2. The summed E-state index contributed by atoms with van der Waals surface area (Å²) in [4.78, 5) is 32.8. The third kappa shape index (κ3) is 12.7. The molecule has 0 rings (SSSR count). The van der Waals surface area contributed by atoms with Gasteiger partial charge in [0.25, 0.3) is 0 Å². The van der Waals surface area contributed by atoms with E-state index in [0.717, 1.165) is 12.8 Å². The van der Waals surface area contributed by atoms with Gasteiger partial charge < -0.3 is 26.0 Å². The first kappa shape index (κ1) is 24.8. The maximum absolute atomic E-state index is 11.2. The Morgan fingerprint density at radius 3 is 2.15 bits per heavy atom. The van der Waals surface area contributed by atoms with Crippen LogP contribution in [0.5, 0.6) is 0 Å². The molecule has 0 heterocycles. The average Bonchev–Trinajstić information content (AvgIpc) is 2.48. The van der Waals surface area contributed by atoms with Crippen molar-refractivity contribution in [3.63, 3.8) is 0 Å². The van der Waals surface area contributed by atoms with E-state index in [1.165, 1.54) is 13.0 Å². The van der Waals surface area contributed by atoms with Crippen LogP contribution >= 0.6 is 0 Å². The SMILES string of the molecule is [CH2]C(CCC(C)CC(C)(C)CC(CC=C(C)C(=O)O)OC(N)=O)OC(N)=O. The Morgan fingerprint density at radius 2 is 1.67 bits per heavy atom. The van der Waals surface area contributed by atoms with E-state index in [9.17, 15) is 14.4 Å². The average molecular weight is 385 g/mol. The normalized spacial score (nSPS) is 15.5. The number of aliphatic carboxylic acids is 1. The molecule has 0 bridgehead atoms. The number of amides is 2. The summed E-state index contributed by atoms with van der Waals surface area (Å²) in [5.41, 5.74) is 10.1. The molecule has 3 atom stereocenters. The number of primary amides is 2. The fourth-order valence-corrected chi connectivity index (χ4v) is 3.17. The molecular formula is C19H33N2O6. The van der Waals surface area contributed by atoms with Crippen molar-refractivity contribution < 1.29 is 29.0 Å². The van der Waals surface area contributed by atoms with Crippen molar-refractivity contribution in [2.75, 3.05) is 0 Å². The number of carboxylic acid groups (broad SMARTS) is 1. The fraction of sp³-hybridized carbons (Fsp3) is 0.684. The van der Waals surface area contributed by atoms with E-state index in [0.29, 0.717) is 18.8 Å². The Hall–Kier alpha value is -2.25. The molecule has 155 valence electrons. The summed E-state index contributed by atoms with van der Waals surface area (Å²) in [7, 11) is 0. The molecule has 0 spiro atoms. The van der Waals surface area contributed by atoms with Gasteiger partial charge in [0.1, 0.15) is 12.2 Å². The third-order valence-electron chi connectivity index (χ3n) is 4.25. The molecule has 0 fully saturated rings. The third-order valence-corrected chi connectivity index (χ3v) is 4.25. The van der Waals surface area contributed by atoms with Gasteiger partial charge in [-0.05, 0) is 50.9 Å². The second-order valence-corrected chi connectivity index (χ2v) is 7.80. The van der Waals surface area contributed by atoms with Gasteiger partial charge in [-0.25, -0.2) is 14.4 Å². The molecular weight excluding hydrogens is 352 g/mol. The van der Waals surface area contributed by atoms with Gasteiger partial charge in [0.15, 0.2) is 0 Å². The molecule has 5 N–H and O–H groups in total. The van der Waals surface area contributed by atoms with E-state index < -0.39 is 30.4 Å². The molecule has 0 aliphatic carbocycles. The second kappa shape index (κ2) is 11.5. The van der Waals surface area contributed by atoms with Gasteiger partial charge in [-0.15, -0.1) is 0 Å². The molecule has 0 aromatic rings. The van der Waals surface area contributed by atoms with Crippen LogP contribution in [0.25, 0.3) is 0 Å². The van der Waals surface area contributed by atoms with Crippen molar-refractivity contribution in [3.05, 3.63) is 18.6 Å². The Balaban J connectivity index is 4.73. The van der Waals surface area contributed by atoms with Crippen LogP contribution in [0.2, 0.25) is 0 Å². The molecule has 8 nitrogen and oxygen atoms in total. The minimum Gasteiger partial charge on any atom is -0.478 e. The molecule has 3 unspecified atom stereocenters. The van der Waals surface area contributed by atoms with E-state index in [2.05, 4.69) is 27.7 Å². The lowest BCUT2D eigenvalue weighted by Gasteiger charge is -2.31. The number of hydrogen-bond donors (Lipinski definition) is 3. The largest absolute Gasteiger partial charge is 0.478 e. The summed E-state index contributed by atoms with van der Waals surface area (Å²) >= 11 is 0. The van der Waals surface area contributed by atoms with Crippen LogP contribution in [0, 0.1) is 18.3 Å². The zero-order valence-electron chi connectivity index (χ0n) is 16.7. The molecule has 27 heavy (non-hydrogen) atoms. The van der Waals surface area contributed by atoms with Gasteiger partial charge in [-0.3, -0.25) is 0 Å². The first-order valence-electron chi connectivity index (χ1n) is 8.97. The quantitative estimate of drug-likeness (QED) is 0.439. The second-order valence-electron chi connectivity index (χ2n) is 7.80. The van der Waals surface area contributed by atoms with E-state index >= 15 is 0 Å². The highest BCUT2D eigenvalue weighted by Gasteiger charge is 2.27. The summed E-state index contributed by atoms with van der Waals surface area (Å²) in [6, 6.07) is 0. The van der Waals surface area contributed by atoms with Crippen LogP contribution in [0.15, 0.2) is 11.6 Å². The Labute approximate surface area is 161 Å². The number of hydrogen-bond acceptors (Lipinski definition) is 5. The van der Waals surface area contributed by atoms with Crippen molar-refractivity contribution in [1.82, 2.24) is 0 Å². The van der Waals surface area contributed by atoms with Crippen molar-refractivity contribution in [2.24, 2.45) is 22.8 Å². The molecule has 0 aromatic carbocycles. The molecule has 1 radical (unpaired) electrons. The van der Waals surface area contributed by atoms with Gasteiger partial charge in [-0.1, -0.05) is 26.8 Å². The zero-order chi connectivity index (χ0) is 21.2. The van der Waals surface area contributed by atoms with Crippen molar-refractivity contribution in [3.8, 4) is 0 Å². The summed E-state index contributed by atoms with van der Waals surface area (Å²) < 4.78 is 9.97. The first-order chi connectivity index (χ1) is 12.3. The maximum Gasteiger partial charge on any atom is 0.404 e. The first-order valence-corrected chi connectivity index (χ1v) is 8.97. The lowest BCUT2D eigenvalue weighted by Crippen LogP contribution is -2.29. The maximum atomic E-state index is 11.2. The number of nitrogens with two attached hydrogens (primary N) is 2. The highest BCUT2D eigenvalue weighted by molar-refractivity contribution is 5.85.